The highest BCUT2D eigenvalue weighted by Gasteiger charge is 2.24. The van der Waals surface area contributed by atoms with E-state index in [2.05, 4.69) is 101 Å². The summed E-state index contributed by atoms with van der Waals surface area (Å²) in [6.07, 6.45) is 0. The molecule has 100 valence electrons. The Bertz CT molecular complexity index is 797. The molecule has 0 aromatic heterocycles. The maximum atomic E-state index is 2.48. The van der Waals surface area contributed by atoms with Gasteiger partial charge in [0.1, 0.15) is 0 Å². The molecular formula is C20H13I. The number of rotatable bonds is 1. The zero-order valence-corrected chi connectivity index (χ0v) is 13.5. The Morgan fingerprint density at radius 3 is 1.48 bits per heavy atom. The molecule has 3 aromatic rings. The molecule has 0 fully saturated rings. The van der Waals surface area contributed by atoms with E-state index in [0.717, 1.165) is 0 Å². The van der Waals surface area contributed by atoms with Crippen LogP contribution in [0.3, 0.4) is 0 Å². The van der Waals surface area contributed by atoms with Crippen molar-refractivity contribution in [1.82, 2.24) is 0 Å². The molecule has 0 nitrogen and oxygen atoms in total. The number of fused-ring (bicyclic) bond motifs is 3. The van der Waals surface area contributed by atoms with Gasteiger partial charge in [0.25, 0.3) is 0 Å². The van der Waals surface area contributed by atoms with Gasteiger partial charge < -0.3 is 0 Å². The van der Waals surface area contributed by atoms with E-state index in [0.29, 0.717) is 0 Å². The third-order valence-electron chi connectivity index (χ3n) is 3.93. The monoisotopic (exact) mass is 380 g/mol. The number of hydrogen-bond donors (Lipinski definition) is 0. The maximum absolute atomic E-state index is 2.48. The fourth-order valence-corrected chi connectivity index (χ4v) is 3.92. The van der Waals surface area contributed by atoms with Crippen LogP contribution in [0.4, 0.5) is 0 Å². The molecule has 0 bridgehead atoms. The van der Waals surface area contributed by atoms with Gasteiger partial charge in [-0.1, -0.05) is 78.9 Å². The summed E-state index contributed by atoms with van der Waals surface area (Å²) in [5.41, 5.74) is 7.99. The van der Waals surface area contributed by atoms with Crippen LogP contribution in [-0.4, -0.2) is 0 Å². The van der Waals surface area contributed by atoms with E-state index < -0.39 is 0 Å². The zero-order chi connectivity index (χ0) is 14.2. The Hall–Kier alpha value is -1.87. The highest BCUT2D eigenvalue weighted by molar-refractivity contribution is 14.1. The van der Waals surface area contributed by atoms with Crippen molar-refractivity contribution in [3.05, 3.63) is 95.6 Å². The van der Waals surface area contributed by atoms with Crippen LogP contribution in [-0.2, 0) is 0 Å². The fraction of sp³-hybridized carbons (Fsp3) is 0. The summed E-state index contributed by atoms with van der Waals surface area (Å²) in [7, 11) is 0. The first kappa shape index (κ1) is 12.8. The molecule has 0 atom stereocenters. The van der Waals surface area contributed by atoms with E-state index in [1.807, 2.05) is 0 Å². The Labute approximate surface area is 138 Å². The van der Waals surface area contributed by atoms with Crippen molar-refractivity contribution in [2.45, 2.75) is 0 Å². The molecule has 0 aliphatic heterocycles. The molecule has 0 heterocycles. The first-order valence-electron chi connectivity index (χ1n) is 7.00. The molecule has 3 aromatic carbocycles. The average Bonchev–Trinajstić information content (AvgIpc) is 2.90. The number of benzene rings is 3. The van der Waals surface area contributed by atoms with Gasteiger partial charge in [0.15, 0.2) is 0 Å². The highest BCUT2D eigenvalue weighted by atomic mass is 127. The van der Waals surface area contributed by atoms with Crippen LogP contribution >= 0.6 is 22.6 Å². The number of hydrogen-bond acceptors (Lipinski definition) is 0. The van der Waals surface area contributed by atoms with Crippen molar-refractivity contribution >= 4 is 31.7 Å². The largest absolute Gasteiger partial charge is 0.0622 e. The lowest BCUT2D eigenvalue weighted by molar-refractivity contribution is 1.63. The lowest BCUT2D eigenvalue weighted by Crippen LogP contribution is -1.85. The van der Waals surface area contributed by atoms with Gasteiger partial charge in [0, 0.05) is 9.15 Å². The van der Waals surface area contributed by atoms with E-state index in [9.17, 15) is 0 Å². The zero-order valence-electron chi connectivity index (χ0n) is 11.4. The maximum Gasteiger partial charge on any atom is 0.0287 e. The standard InChI is InChI=1S/C20H13I/c21-20(14-8-2-1-3-9-14)19-17-12-6-4-10-15(17)16-11-5-7-13-18(16)19/h1-13H. The highest BCUT2D eigenvalue weighted by Crippen LogP contribution is 2.48. The van der Waals surface area contributed by atoms with Crippen LogP contribution in [0.1, 0.15) is 16.7 Å². The Morgan fingerprint density at radius 2 is 0.952 bits per heavy atom. The summed E-state index contributed by atoms with van der Waals surface area (Å²) in [4.78, 5) is 0. The van der Waals surface area contributed by atoms with Crippen molar-refractivity contribution in [3.8, 4) is 11.1 Å². The van der Waals surface area contributed by atoms with Crippen molar-refractivity contribution in [2.75, 3.05) is 0 Å². The quantitative estimate of drug-likeness (QED) is 0.354. The molecule has 1 aliphatic carbocycles. The molecular weight excluding hydrogens is 367 g/mol. The predicted molar refractivity (Wildman–Crippen MR) is 98.3 cm³/mol. The summed E-state index contributed by atoms with van der Waals surface area (Å²) in [5, 5.41) is 0. The lowest BCUT2D eigenvalue weighted by Gasteiger charge is -2.08. The van der Waals surface area contributed by atoms with Crippen LogP contribution in [0.2, 0.25) is 0 Å². The molecule has 0 unspecified atom stereocenters. The van der Waals surface area contributed by atoms with Gasteiger partial charge in [-0.15, -0.1) is 0 Å². The molecule has 21 heavy (non-hydrogen) atoms. The van der Waals surface area contributed by atoms with Gasteiger partial charge in [0.05, 0.1) is 0 Å². The second-order valence-corrected chi connectivity index (χ2v) is 6.22. The molecule has 0 saturated heterocycles. The minimum Gasteiger partial charge on any atom is -0.0622 e. The topological polar surface area (TPSA) is 0 Å². The minimum atomic E-state index is 1.28. The Balaban J connectivity index is 2.06. The van der Waals surface area contributed by atoms with Crippen molar-refractivity contribution in [2.24, 2.45) is 0 Å². The normalized spacial score (nSPS) is 12.0. The van der Waals surface area contributed by atoms with Gasteiger partial charge in [-0.3, -0.25) is 0 Å². The van der Waals surface area contributed by atoms with E-state index in [1.165, 1.54) is 37.0 Å². The first-order chi connectivity index (χ1) is 10.4. The average molecular weight is 380 g/mol. The molecule has 0 amide bonds. The van der Waals surface area contributed by atoms with Gasteiger partial charge in [-0.05, 0) is 50.4 Å². The lowest BCUT2D eigenvalue weighted by atomic mass is 10.0. The molecule has 4 rings (SSSR count). The van der Waals surface area contributed by atoms with E-state index >= 15 is 0 Å². The van der Waals surface area contributed by atoms with Gasteiger partial charge >= 0.3 is 0 Å². The summed E-state index contributed by atoms with van der Waals surface area (Å²) in [6, 6.07) is 28.0. The van der Waals surface area contributed by atoms with Crippen molar-refractivity contribution in [1.29, 1.82) is 0 Å². The van der Waals surface area contributed by atoms with Gasteiger partial charge in [-0.2, -0.15) is 0 Å². The minimum absolute atomic E-state index is 1.28. The molecule has 1 aliphatic rings. The van der Waals surface area contributed by atoms with Crippen molar-refractivity contribution < 1.29 is 0 Å². The predicted octanol–water partition coefficient (Wildman–Crippen LogP) is 6.02. The summed E-state index contributed by atoms with van der Waals surface area (Å²) >= 11 is 2.48. The first-order valence-corrected chi connectivity index (χ1v) is 8.08. The van der Waals surface area contributed by atoms with Crippen LogP contribution in [0, 0.1) is 0 Å². The Morgan fingerprint density at radius 1 is 0.524 bits per heavy atom. The smallest absolute Gasteiger partial charge is 0.0287 e. The SMILES string of the molecule is IC(=C1c2ccccc2-c2ccccc21)c1ccccc1. The fourth-order valence-electron chi connectivity index (χ4n) is 2.98. The van der Waals surface area contributed by atoms with Crippen LogP contribution in [0.5, 0.6) is 0 Å². The van der Waals surface area contributed by atoms with Gasteiger partial charge in [-0.25, -0.2) is 0 Å². The van der Waals surface area contributed by atoms with Crippen molar-refractivity contribution in [3.63, 3.8) is 0 Å². The van der Waals surface area contributed by atoms with Crippen LogP contribution in [0.25, 0.3) is 20.3 Å². The second kappa shape index (κ2) is 5.15. The summed E-state index contributed by atoms with van der Waals surface area (Å²) in [5.74, 6) is 0. The third-order valence-corrected chi connectivity index (χ3v) is 5.09. The van der Waals surface area contributed by atoms with E-state index in [4.69, 9.17) is 0 Å². The molecule has 1 heteroatoms. The van der Waals surface area contributed by atoms with E-state index in [-0.39, 0.29) is 0 Å². The number of halogens is 1. The summed E-state index contributed by atoms with van der Waals surface area (Å²) < 4.78 is 1.31. The molecule has 0 N–H and O–H groups in total. The molecule has 0 spiro atoms. The van der Waals surface area contributed by atoms with Crippen LogP contribution < -0.4 is 0 Å². The second-order valence-electron chi connectivity index (χ2n) is 5.15. The van der Waals surface area contributed by atoms with Gasteiger partial charge in [0.2, 0.25) is 0 Å². The summed E-state index contributed by atoms with van der Waals surface area (Å²) in [6.45, 7) is 0. The van der Waals surface area contributed by atoms with E-state index in [1.54, 1.807) is 0 Å². The van der Waals surface area contributed by atoms with Crippen LogP contribution in [0.15, 0.2) is 78.9 Å². The molecule has 0 radical (unpaired) electrons. The Kier molecular flexibility index (Phi) is 3.15. The third kappa shape index (κ3) is 2.04. The molecule has 0 saturated carbocycles.